The molecule has 4 nitrogen and oxygen atoms in total. The third-order valence-electron chi connectivity index (χ3n) is 13.4. The minimum absolute atomic E-state index is 0.0146. The molecule has 9 unspecified atom stereocenters. The number of carbonyl (C=O) groups is 2. The Hall–Kier alpha value is -1.06. The molecule has 1 N–H and O–H groups in total. The van der Waals surface area contributed by atoms with Gasteiger partial charge in [0, 0.05) is 5.41 Å². The van der Waals surface area contributed by atoms with Crippen LogP contribution in [0, 0.1) is 56.7 Å². The highest BCUT2D eigenvalue weighted by molar-refractivity contribution is 5.73. The van der Waals surface area contributed by atoms with Gasteiger partial charge in [0.05, 0.1) is 12.8 Å². The van der Waals surface area contributed by atoms with Gasteiger partial charge in [0.25, 0.3) is 0 Å². The van der Waals surface area contributed by atoms with Crippen molar-refractivity contribution in [2.45, 2.75) is 138 Å². The summed E-state index contributed by atoms with van der Waals surface area (Å²) in [6, 6.07) is 0. The van der Waals surface area contributed by atoms with Crippen LogP contribution in [0.25, 0.3) is 0 Å². The quantitative estimate of drug-likeness (QED) is 0.375. The lowest BCUT2D eigenvalue weighted by Crippen LogP contribution is -2.63. The number of esters is 1. The first-order chi connectivity index (χ1) is 17.1. The Morgan fingerprint density at radius 2 is 1.49 bits per heavy atom. The highest BCUT2D eigenvalue weighted by atomic mass is 16.5. The zero-order chi connectivity index (χ0) is 27.0. The van der Waals surface area contributed by atoms with Crippen LogP contribution in [0.5, 0.6) is 0 Å². The van der Waals surface area contributed by atoms with Crippen molar-refractivity contribution < 1.29 is 19.4 Å². The molecule has 0 amide bonds. The maximum absolute atomic E-state index is 13.0. The van der Waals surface area contributed by atoms with Crippen LogP contribution in [0.4, 0.5) is 0 Å². The zero-order valence-corrected chi connectivity index (χ0v) is 24.8. The number of fused-ring (bicyclic) bond motifs is 7. The number of carbonyl (C=O) groups excluding carboxylic acids is 1. The Morgan fingerprint density at radius 1 is 0.784 bits per heavy atom. The number of ether oxygens (including phenoxy) is 1. The van der Waals surface area contributed by atoms with E-state index in [0.29, 0.717) is 22.2 Å². The first-order valence-electron chi connectivity index (χ1n) is 15.5. The topological polar surface area (TPSA) is 63.6 Å². The maximum Gasteiger partial charge on any atom is 0.306 e. The lowest BCUT2D eigenvalue weighted by atomic mass is 9.36. The molecule has 0 saturated heterocycles. The van der Waals surface area contributed by atoms with E-state index in [1.807, 2.05) is 13.8 Å². The predicted octanol–water partition coefficient (Wildman–Crippen LogP) is 8.27. The van der Waals surface area contributed by atoms with Gasteiger partial charge in [-0.1, -0.05) is 54.9 Å². The Balaban J connectivity index is 1.32. The largest absolute Gasteiger partial charge is 0.481 e. The van der Waals surface area contributed by atoms with Crippen molar-refractivity contribution in [3.05, 3.63) is 0 Å². The molecule has 0 spiro atoms. The summed E-state index contributed by atoms with van der Waals surface area (Å²) in [4.78, 5) is 24.2. The van der Waals surface area contributed by atoms with E-state index in [9.17, 15) is 14.7 Å². The van der Waals surface area contributed by atoms with Gasteiger partial charge in [0.2, 0.25) is 0 Å². The van der Waals surface area contributed by atoms with E-state index in [1.165, 1.54) is 57.8 Å². The highest BCUT2D eigenvalue weighted by Gasteiger charge is 2.66. The van der Waals surface area contributed by atoms with Crippen LogP contribution in [-0.4, -0.2) is 23.1 Å². The fourth-order valence-electron chi connectivity index (χ4n) is 11.8. The summed E-state index contributed by atoms with van der Waals surface area (Å²) in [5, 5.41) is 9.22. The van der Waals surface area contributed by atoms with Gasteiger partial charge in [-0.15, -0.1) is 0 Å². The lowest BCUT2D eigenvalue weighted by molar-refractivity contribution is -0.221. The summed E-state index contributed by atoms with van der Waals surface area (Å²) in [7, 11) is 0. The van der Waals surface area contributed by atoms with Gasteiger partial charge in [-0.25, -0.2) is 0 Å². The molecule has 0 aromatic heterocycles. The van der Waals surface area contributed by atoms with E-state index in [1.54, 1.807) is 0 Å². The van der Waals surface area contributed by atoms with Crippen LogP contribution in [0.1, 0.15) is 132 Å². The van der Waals surface area contributed by atoms with Crippen molar-refractivity contribution >= 4 is 11.9 Å². The molecule has 5 saturated carbocycles. The average molecular weight is 515 g/mol. The van der Waals surface area contributed by atoms with Gasteiger partial charge in [-0.3, -0.25) is 9.59 Å². The minimum atomic E-state index is -0.859. The second-order valence-corrected chi connectivity index (χ2v) is 16.4. The Morgan fingerprint density at radius 3 is 2.19 bits per heavy atom. The van der Waals surface area contributed by atoms with Crippen molar-refractivity contribution in [3.63, 3.8) is 0 Å². The molecular formula is C33H54O4. The molecule has 5 rings (SSSR count). The second-order valence-electron chi connectivity index (χ2n) is 16.4. The maximum atomic E-state index is 13.0. The fourth-order valence-corrected chi connectivity index (χ4v) is 11.8. The van der Waals surface area contributed by atoms with E-state index in [-0.39, 0.29) is 30.3 Å². The molecule has 5 aliphatic rings. The van der Waals surface area contributed by atoms with Crippen molar-refractivity contribution in [1.29, 1.82) is 0 Å². The fraction of sp³-hybridized carbons (Fsp3) is 0.939. The first kappa shape index (κ1) is 27.5. The second kappa shape index (κ2) is 8.98. The van der Waals surface area contributed by atoms with Crippen LogP contribution in [0.3, 0.4) is 0 Å². The van der Waals surface area contributed by atoms with Crippen molar-refractivity contribution in [2.24, 2.45) is 56.7 Å². The number of carboxylic acids is 1. The van der Waals surface area contributed by atoms with Gasteiger partial charge in [0.15, 0.2) is 0 Å². The number of aliphatic carboxylic acids is 1. The highest BCUT2D eigenvalue weighted by Crippen LogP contribution is 2.73. The minimum Gasteiger partial charge on any atom is -0.481 e. The SMILES string of the molecule is CC(C)(CC(=O)O)CC(=O)OC1CCC2(C)C(CCC3(C)C4CCC5(C)CCCC5C4CCC32)C1(C)C. The molecule has 0 aromatic carbocycles. The third kappa shape index (κ3) is 4.39. The number of hydrogen-bond donors (Lipinski definition) is 1. The van der Waals surface area contributed by atoms with E-state index in [4.69, 9.17) is 4.74 Å². The van der Waals surface area contributed by atoms with Crippen LogP contribution < -0.4 is 0 Å². The number of rotatable bonds is 5. The Kier molecular flexibility index (Phi) is 6.68. The van der Waals surface area contributed by atoms with Crippen LogP contribution in [-0.2, 0) is 14.3 Å². The number of carboxylic acid groups (broad SMARTS) is 1. The van der Waals surface area contributed by atoms with Gasteiger partial charge in [-0.2, -0.15) is 0 Å². The van der Waals surface area contributed by atoms with Gasteiger partial charge < -0.3 is 9.84 Å². The number of hydrogen-bond acceptors (Lipinski definition) is 3. The lowest BCUT2D eigenvalue weighted by Gasteiger charge is -2.69. The van der Waals surface area contributed by atoms with Gasteiger partial charge >= 0.3 is 11.9 Å². The van der Waals surface area contributed by atoms with E-state index in [2.05, 4.69) is 34.6 Å². The first-order valence-corrected chi connectivity index (χ1v) is 15.5. The zero-order valence-electron chi connectivity index (χ0n) is 24.8. The van der Waals surface area contributed by atoms with E-state index < -0.39 is 11.4 Å². The molecule has 0 heterocycles. The normalized spacial score (nSPS) is 46.7. The Bertz CT molecular complexity index is 921. The molecule has 5 fully saturated rings. The summed E-state index contributed by atoms with van der Waals surface area (Å²) < 4.78 is 6.19. The molecule has 210 valence electrons. The molecule has 5 aliphatic carbocycles. The van der Waals surface area contributed by atoms with E-state index in [0.717, 1.165) is 36.5 Å². The van der Waals surface area contributed by atoms with Crippen molar-refractivity contribution in [1.82, 2.24) is 0 Å². The monoisotopic (exact) mass is 514 g/mol. The molecule has 0 aliphatic heterocycles. The van der Waals surface area contributed by atoms with Crippen molar-refractivity contribution in [2.75, 3.05) is 0 Å². The van der Waals surface area contributed by atoms with Crippen LogP contribution in [0.2, 0.25) is 0 Å². The third-order valence-corrected chi connectivity index (χ3v) is 13.4. The molecule has 0 bridgehead atoms. The summed E-state index contributed by atoms with van der Waals surface area (Å²) >= 11 is 0. The summed E-state index contributed by atoms with van der Waals surface area (Å²) in [6.07, 6.45) is 14.8. The predicted molar refractivity (Wildman–Crippen MR) is 147 cm³/mol. The van der Waals surface area contributed by atoms with Crippen LogP contribution in [0.15, 0.2) is 0 Å². The molecule has 9 atom stereocenters. The molecule has 0 aromatic rings. The van der Waals surface area contributed by atoms with E-state index >= 15 is 0 Å². The van der Waals surface area contributed by atoms with Crippen molar-refractivity contribution in [3.8, 4) is 0 Å². The van der Waals surface area contributed by atoms with Crippen LogP contribution >= 0.6 is 0 Å². The molecule has 4 heteroatoms. The standard InChI is InChI=1S/C33H54O4/c1-29(2,19-27(34)35)20-28(36)37-26-14-18-33(7)24(30(26,3)4)13-17-32(6)23-12-16-31(5)15-8-9-22(31)21(23)10-11-25(32)33/h21-26H,8-20H2,1-7H3,(H,34,35). The molecular weight excluding hydrogens is 460 g/mol. The summed E-state index contributed by atoms with van der Waals surface area (Å²) in [5.74, 6) is 3.06. The summed E-state index contributed by atoms with van der Waals surface area (Å²) in [5.41, 5.74) is 0.738. The smallest absolute Gasteiger partial charge is 0.306 e. The molecule has 0 radical (unpaired) electrons. The average Bonchev–Trinajstić information content (AvgIpc) is 3.16. The molecule has 37 heavy (non-hydrogen) atoms. The van der Waals surface area contributed by atoms with Gasteiger partial charge in [-0.05, 0) is 115 Å². The Labute approximate surface area is 226 Å². The van der Waals surface area contributed by atoms with Gasteiger partial charge in [0.1, 0.15) is 6.10 Å². The summed E-state index contributed by atoms with van der Waals surface area (Å²) in [6.45, 7) is 16.3.